The molecule has 0 aliphatic heterocycles. The monoisotopic (exact) mass is 186 g/mol. The highest BCUT2D eigenvalue weighted by Gasteiger charge is 2.61. The van der Waals surface area contributed by atoms with E-state index in [0.717, 1.165) is 6.42 Å². The fourth-order valence-electron chi connectivity index (χ4n) is 1.96. The first-order valence-corrected chi connectivity index (χ1v) is 4.50. The third-order valence-corrected chi connectivity index (χ3v) is 2.72. The van der Waals surface area contributed by atoms with Crippen molar-refractivity contribution in [3.63, 3.8) is 0 Å². The largest absolute Gasteiger partial charge is 0.441 e. The number of carbonyl (C=O) groups excluding carboxylic acids is 1. The molecule has 1 aliphatic rings. The van der Waals surface area contributed by atoms with Crippen molar-refractivity contribution in [1.82, 2.24) is 0 Å². The van der Waals surface area contributed by atoms with Gasteiger partial charge in [0.05, 0.1) is 0 Å². The van der Waals surface area contributed by atoms with Crippen LogP contribution in [0.4, 0.5) is 4.79 Å². The molecular weight excluding hydrogens is 168 g/mol. The standard InChI is InChI=1S/C9H18N2O2/c1-8(2,3)6-4-9(6,5-10)13-7(11)12/h6H,4-5,10H2,1-3H3,(H2,11,12)/t6-,9+/m0/s1. The van der Waals surface area contributed by atoms with Gasteiger partial charge in [0.15, 0.2) is 0 Å². The Kier molecular flexibility index (Phi) is 2.28. The Hall–Kier alpha value is -0.770. The highest BCUT2D eigenvalue weighted by atomic mass is 16.6. The van der Waals surface area contributed by atoms with Crippen LogP contribution < -0.4 is 11.5 Å². The van der Waals surface area contributed by atoms with E-state index >= 15 is 0 Å². The number of primary amides is 1. The lowest BCUT2D eigenvalue weighted by Crippen LogP contribution is -2.35. The Morgan fingerprint density at radius 3 is 2.38 bits per heavy atom. The molecule has 0 bridgehead atoms. The van der Waals surface area contributed by atoms with Gasteiger partial charge in [-0.05, 0) is 11.8 Å². The van der Waals surface area contributed by atoms with Crippen LogP contribution in [-0.2, 0) is 4.74 Å². The maximum atomic E-state index is 10.6. The van der Waals surface area contributed by atoms with E-state index in [0.29, 0.717) is 12.5 Å². The summed E-state index contributed by atoms with van der Waals surface area (Å²) in [6.45, 7) is 6.69. The number of nitrogens with two attached hydrogens (primary N) is 2. The van der Waals surface area contributed by atoms with Gasteiger partial charge in [-0.1, -0.05) is 20.8 Å². The van der Waals surface area contributed by atoms with E-state index in [2.05, 4.69) is 20.8 Å². The van der Waals surface area contributed by atoms with Gasteiger partial charge in [-0.3, -0.25) is 0 Å². The molecule has 2 atom stereocenters. The quantitative estimate of drug-likeness (QED) is 0.671. The number of carbonyl (C=O) groups is 1. The van der Waals surface area contributed by atoms with E-state index in [-0.39, 0.29) is 5.41 Å². The van der Waals surface area contributed by atoms with Crippen molar-refractivity contribution < 1.29 is 9.53 Å². The van der Waals surface area contributed by atoms with E-state index in [1.165, 1.54) is 0 Å². The summed E-state index contributed by atoms with van der Waals surface area (Å²) >= 11 is 0. The summed E-state index contributed by atoms with van der Waals surface area (Å²) in [5.41, 5.74) is 10.2. The van der Waals surface area contributed by atoms with Crippen LogP contribution in [0.1, 0.15) is 27.2 Å². The van der Waals surface area contributed by atoms with Crippen LogP contribution in [0.3, 0.4) is 0 Å². The molecule has 1 amide bonds. The predicted octanol–water partition coefficient (Wildman–Crippen LogP) is 0.845. The summed E-state index contributed by atoms with van der Waals surface area (Å²) in [4.78, 5) is 10.6. The zero-order chi connectivity index (χ0) is 10.3. The molecular formula is C9H18N2O2. The highest BCUT2D eigenvalue weighted by Crippen LogP contribution is 2.55. The van der Waals surface area contributed by atoms with Crippen LogP contribution in [0, 0.1) is 11.3 Å². The Bertz CT molecular complexity index is 222. The second-order valence-corrected chi connectivity index (χ2v) is 4.81. The normalized spacial score (nSPS) is 32.8. The van der Waals surface area contributed by atoms with Crippen molar-refractivity contribution in [1.29, 1.82) is 0 Å². The molecule has 0 spiro atoms. The predicted molar refractivity (Wildman–Crippen MR) is 50.0 cm³/mol. The summed E-state index contributed by atoms with van der Waals surface area (Å²) in [5.74, 6) is 0.331. The summed E-state index contributed by atoms with van der Waals surface area (Å²) in [6.07, 6.45) is 0.104. The Morgan fingerprint density at radius 1 is 1.62 bits per heavy atom. The minimum atomic E-state index is -0.725. The lowest BCUT2D eigenvalue weighted by atomic mass is 9.88. The van der Waals surface area contributed by atoms with E-state index in [1.54, 1.807) is 0 Å². The average Bonchev–Trinajstić information content (AvgIpc) is 2.62. The molecule has 0 heterocycles. The Labute approximate surface area is 78.6 Å². The zero-order valence-corrected chi connectivity index (χ0v) is 8.46. The lowest BCUT2D eigenvalue weighted by Gasteiger charge is -2.23. The van der Waals surface area contributed by atoms with Crippen molar-refractivity contribution in [2.45, 2.75) is 32.8 Å². The molecule has 0 aromatic heterocycles. The molecule has 0 aromatic carbocycles. The van der Waals surface area contributed by atoms with Gasteiger partial charge in [-0.2, -0.15) is 0 Å². The van der Waals surface area contributed by atoms with Gasteiger partial charge >= 0.3 is 6.09 Å². The molecule has 1 aliphatic carbocycles. The lowest BCUT2D eigenvalue weighted by molar-refractivity contribution is 0.0694. The van der Waals surface area contributed by atoms with Crippen molar-refractivity contribution in [3.05, 3.63) is 0 Å². The fraction of sp³-hybridized carbons (Fsp3) is 0.889. The highest BCUT2D eigenvalue weighted by molar-refractivity contribution is 5.65. The van der Waals surface area contributed by atoms with Gasteiger partial charge in [-0.25, -0.2) is 4.79 Å². The minimum Gasteiger partial charge on any atom is -0.441 e. The summed E-state index contributed by atoms with van der Waals surface area (Å²) in [7, 11) is 0. The fourth-order valence-corrected chi connectivity index (χ4v) is 1.96. The van der Waals surface area contributed by atoms with E-state index in [4.69, 9.17) is 16.2 Å². The maximum Gasteiger partial charge on any atom is 0.405 e. The molecule has 1 saturated carbocycles. The third-order valence-electron chi connectivity index (χ3n) is 2.72. The topological polar surface area (TPSA) is 78.3 Å². The van der Waals surface area contributed by atoms with Crippen molar-refractivity contribution >= 4 is 6.09 Å². The second kappa shape index (κ2) is 2.87. The van der Waals surface area contributed by atoms with Crippen LogP contribution in [0.5, 0.6) is 0 Å². The van der Waals surface area contributed by atoms with E-state index in [9.17, 15) is 4.79 Å². The molecule has 0 radical (unpaired) electrons. The van der Waals surface area contributed by atoms with Gasteiger partial charge in [0.2, 0.25) is 0 Å². The van der Waals surface area contributed by atoms with Gasteiger partial charge in [0, 0.05) is 12.5 Å². The first-order chi connectivity index (χ1) is 5.82. The van der Waals surface area contributed by atoms with E-state index < -0.39 is 11.7 Å². The average molecular weight is 186 g/mol. The Morgan fingerprint density at radius 2 is 2.15 bits per heavy atom. The molecule has 0 aromatic rings. The zero-order valence-electron chi connectivity index (χ0n) is 8.46. The molecule has 76 valence electrons. The van der Waals surface area contributed by atoms with Crippen molar-refractivity contribution in [3.8, 4) is 0 Å². The van der Waals surface area contributed by atoms with E-state index in [1.807, 2.05) is 0 Å². The SMILES string of the molecule is CC(C)(C)[C@@H]1C[C@]1(CN)OC(N)=O. The van der Waals surface area contributed by atoms with Crippen molar-refractivity contribution in [2.24, 2.45) is 22.8 Å². The number of hydrogen-bond acceptors (Lipinski definition) is 3. The molecule has 4 heteroatoms. The first-order valence-electron chi connectivity index (χ1n) is 4.50. The first kappa shape index (κ1) is 10.3. The summed E-state index contributed by atoms with van der Waals surface area (Å²) < 4.78 is 5.05. The number of rotatable bonds is 2. The Balaban J connectivity index is 2.64. The molecule has 4 nitrogen and oxygen atoms in total. The summed E-state index contributed by atoms with van der Waals surface area (Å²) in [6, 6.07) is 0. The van der Waals surface area contributed by atoms with Gasteiger partial charge in [0.1, 0.15) is 5.60 Å². The van der Waals surface area contributed by atoms with Gasteiger partial charge < -0.3 is 16.2 Å². The summed E-state index contributed by atoms with van der Waals surface area (Å²) in [5, 5.41) is 0. The number of hydrogen-bond donors (Lipinski definition) is 2. The number of amides is 1. The number of ether oxygens (including phenoxy) is 1. The van der Waals surface area contributed by atoms with Crippen LogP contribution in [0.15, 0.2) is 0 Å². The van der Waals surface area contributed by atoms with Crippen molar-refractivity contribution in [2.75, 3.05) is 6.54 Å². The molecule has 1 fully saturated rings. The van der Waals surface area contributed by atoms with Crippen LogP contribution in [-0.4, -0.2) is 18.2 Å². The molecule has 4 N–H and O–H groups in total. The second-order valence-electron chi connectivity index (χ2n) is 4.81. The maximum absolute atomic E-state index is 10.6. The van der Waals surface area contributed by atoms with Gasteiger partial charge in [0.25, 0.3) is 0 Å². The minimum absolute atomic E-state index is 0.120. The van der Waals surface area contributed by atoms with Crippen LogP contribution >= 0.6 is 0 Å². The van der Waals surface area contributed by atoms with Gasteiger partial charge in [-0.15, -0.1) is 0 Å². The van der Waals surface area contributed by atoms with Crippen LogP contribution in [0.25, 0.3) is 0 Å². The molecule has 0 saturated heterocycles. The third kappa shape index (κ3) is 1.94. The van der Waals surface area contributed by atoms with Crippen LogP contribution in [0.2, 0.25) is 0 Å². The smallest absolute Gasteiger partial charge is 0.405 e. The molecule has 0 unspecified atom stereocenters. The molecule has 13 heavy (non-hydrogen) atoms. The molecule has 1 rings (SSSR count).